The summed E-state index contributed by atoms with van der Waals surface area (Å²) in [6.07, 6.45) is -7.88. The molecule has 1 aliphatic rings. The average molecular weight is 206 g/mol. The highest BCUT2D eigenvalue weighted by atomic mass is 19.4. The summed E-state index contributed by atoms with van der Waals surface area (Å²) in [5.74, 6) is -6.76. The number of rotatable bonds is 0. The number of halogens is 5. The van der Waals surface area contributed by atoms with Gasteiger partial charge in [0, 0.05) is 6.42 Å². The Kier molecular flexibility index (Phi) is 2.50. The summed E-state index contributed by atoms with van der Waals surface area (Å²) in [7, 11) is 0. The van der Waals surface area contributed by atoms with E-state index in [1.54, 1.807) is 0 Å². The molecule has 0 amide bonds. The molecule has 0 bridgehead atoms. The van der Waals surface area contributed by atoms with Crippen LogP contribution in [0.1, 0.15) is 6.42 Å². The van der Waals surface area contributed by atoms with Gasteiger partial charge in [0.2, 0.25) is 0 Å². The van der Waals surface area contributed by atoms with Gasteiger partial charge in [-0.2, -0.15) is 13.2 Å². The van der Waals surface area contributed by atoms with E-state index in [0.717, 1.165) is 0 Å². The van der Waals surface area contributed by atoms with Gasteiger partial charge < -0.3 is 9.84 Å². The summed E-state index contributed by atoms with van der Waals surface area (Å²) >= 11 is 0. The minimum Gasteiger partial charge on any atom is -0.368 e. The van der Waals surface area contributed by atoms with E-state index < -0.39 is 37.3 Å². The highest BCUT2D eigenvalue weighted by Gasteiger charge is 2.58. The molecule has 2 nitrogen and oxygen atoms in total. The van der Waals surface area contributed by atoms with Crippen LogP contribution in [0.3, 0.4) is 0 Å². The minimum atomic E-state index is -5.01. The van der Waals surface area contributed by atoms with Crippen molar-refractivity contribution in [2.45, 2.75) is 24.8 Å². The van der Waals surface area contributed by atoms with Gasteiger partial charge in [0.05, 0.1) is 0 Å². The van der Waals surface area contributed by atoms with E-state index in [1.807, 2.05) is 0 Å². The van der Waals surface area contributed by atoms with Crippen LogP contribution >= 0.6 is 0 Å². The molecule has 13 heavy (non-hydrogen) atoms. The predicted octanol–water partition coefficient (Wildman–Crippen LogP) is 1.54. The first kappa shape index (κ1) is 10.6. The Hall–Kier alpha value is -0.430. The van der Waals surface area contributed by atoms with Gasteiger partial charge in [-0.05, 0) is 0 Å². The van der Waals surface area contributed by atoms with E-state index in [9.17, 15) is 22.0 Å². The Labute approximate surface area is 70.3 Å². The molecular formula is C6H7F5O2. The van der Waals surface area contributed by atoms with Crippen molar-refractivity contribution in [1.29, 1.82) is 0 Å². The van der Waals surface area contributed by atoms with Crippen LogP contribution in [-0.2, 0) is 4.74 Å². The fourth-order valence-electron chi connectivity index (χ4n) is 1.12. The van der Waals surface area contributed by atoms with Crippen molar-refractivity contribution in [3.63, 3.8) is 0 Å². The van der Waals surface area contributed by atoms with E-state index in [2.05, 4.69) is 4.74 Å². The molecule has 0 aliphatic carbocycles. The zero-order valence-electron chi connectivity index (χ0n) is 6.31. The number of hydrogen-bond donors (Lipinski definition) is 1. The molecule has 1 fully saturated rings. The summed E-state index contributed by atoms with van der Waals surface area (Å²) in [4.78, 5) is 0. The Bertz CT molecular complexity index is 190. The van der Waals surface area contributed by atoms with Crippen molar-refractivity contribution in [3.05, 3.63) is 0 Å². The molecule has 0 radical (unpaired) electrons. The van der Waals surface area contributed by atoms with Crippen molar-refractivity contribution in [2.24, 2.45) is 5.92 Å². The predicted molar refractivity (Wildman–Crippen MR) is 31.1 cm³/mol. The van der Waals surface area contributed by atoms with Gasteiger partial charge in [0.25, 0.3) is 5.92 Å². The largest absolute Gasteiger partial charge is 0.397 e. The van der Waals surface area contributed by atoms with Gasteiger partial charge in [0.15, 0.2) is 6.29 Å². The van der Waals surface area contributed by atoms with Crippen LogP contribution in [0.4, 0.5) is 22.0 Å². The van der Waals surface area contributed by atoms with E-state index in [4.69, 9.17) is 5.11 Å². The molecule has 7 heteroatoms. The molecule has 0 aromatic heterocycles. The number of ether oxygens (including phenoxy) is 1. The summed E-state index contributed by atoms with van der Waals surface area (Å²) in [5.41, 5.74) is 0. The first-order valence-electron chi connectivity index (χ1n) is 3.47. The number of aliphatic hydroxyl groups excluding tert-OH is 1. The van der Waals surface area contributed by atoms with Crippen molar-refractivity contribution in [2.75, 3.05) is 6.61 Å². The molecule has 1 heterocycles. The molecule has 1 rings (SSSR count). The van der Waals surface area contributed by atoms with Gasteiger partial charge in [-0.15, -0.1) is 0 Å². The third-order valence-corrected chi connectivity index (χ3v) is 1.81. The van der Waals surface area contributed by atoms with Gasteiger partial charge in [-0.25, -0.2) is 8.78 Å². The molecule has 2 unspecified atom stereocenters. The Morgan fingerprint density at radius 3 is 2.23 bits per heavy atom. The zero-order valence-corrected chi connectivity index (χ0v) is 6.31. The van der Waals surface area contributed by atoms with E-state index in [-0.39, 0.29) is 0 Å². The molecule has 2 atom stereocenters. The first-order chi connectivity index (χ1) is 5.73. The highest BCUT2D eigenvalue weighted by molar-refractivity contribution is 4.86. The lowest BCUT2D eigenvalue weighted by Gasteiger charge is -2.34. The Balaban J connectivity index is 2.78. The van der Waals surface area contributed by atoms with Crippen LogP contribution in [0.2, 0.25) is 0 Å². The topological polar surface area (TPSA) is 29.5 Å². The molecule has 0 aromatic rings. The minimum absolute atomic E-state index is 1.11. The molecule has 0 saturated carbocycles. The fraction of sp³-hybridized carbons (Fsp3) is 1.00. The van der Waals surface area contributed by atoms with Crippen molar-refractivity contribution < 1.29 is 31.8 Å². The highest BCUT2D eigenvalue weighted by Crippen LogP contribution is 2.43. The molecule has 78 valence electrons. The summed E-state index contributed by atoms with van der Waals surface area (Å²) in [6, 6.07) is 0. The lowest BCUT2D eigenvalue weighted by atomic mass is 9.95. The van der Waals surface area contributed by atoms with Gasteiger partial charge in [-0.3, -0.25) is 0 Å². The number of aliphatic hydroxyl groups is 1. The SMILES string of the molecule is OC1CC(C(F)(F)F)C(F)(F)CO1. The summed E-state index contributed by atoms with van der Waals surface area (Å²) in [6.45, 7) is -1.39. The van der Waals surface area contributed by atoms with Crippen LogP contribution in [0.5, 0.6) is 0 Å². The van der Waals surface area contributed by atoms with Crippen LogP contribution in [0, 0.1) is 5.92 Å². The zero-order chi connectivity index (χ0) is 10.3. The molecule has 0 spiro atoms. The van der Waals surface area contributed by atoms with Gasteiger partial charge >= 0.3 is 6.18 Å². The van der Waals surface area contributed by atoms with Crippen LogP contribution in [-0.4, -0.2) is 30.1 Å². The lowest BCUT2D eigenvalue weighted by Crippen LogP contribution is -2.49. The molecule has 1 aliphatic heterocycles. The van der Waals surface area contributed by atoms with Crippen molar-refractivity contribution in [1.82, 2.24) is 0 Å². The number of hydrogen-bond acceptors (Lipinski definition) is 2. The van der Waals surface area contributed by atoms with Crippen molar-refractivity contribution in [3.8, 4) is 0 Å². The lowest BCUT2D eigenvalue weighted by molar-refractivity contribution is -0.308. The standard InChI is InChI=1S/C6H7F5O2/c7-5(8)2-13-4(12)1-3(5)6(9,10)11/h3-4,12H,1-2H2. The van der Waals surface area contributed by atoms with E-state index >= 15 is 0 Å². The Morgan fingerprint density at radius 2 is 1.85 bits per heavy atom. The van der Waals surface area contributed by atoms with Gasteiger partial charge in [-0.1, -0.05) is 0 Å². The molecule has 0 aromatic carbocycles. The maximum Gasteiger partial charge on any atom is 0.397 e. The normalized spacial score (nSPS) is 34.6. The second-order valence-electron chi connectivity index (χ2n) is 2.86. The summed E-state index contributed by atoms with van der Waals surface area (Å²) < 4.78 is 65.1. The third kappa shape index (κ3) is 2.28. The van der Waals surface area contributed by atoms with Gasteiger partial charge in [0.1, 0.15) is 12.5 Å². The molecule has 1 N–H and O–H groups in total. The average Bonchev–Trinajstić information content (AvgIpc) is 1.92. The van der Waals surface area contributed by atoms with Crippen molar-refractivity contribution >= 4 is 0 Å². The molecular weight excluding hydrogens is 199 g/mol. The van der Waals surface area contributed by atoms with E-state index in [1.165, 1.54) is 0 Å². The number of alkyl halides is 5. The van der Waals surface area contributed by atoms with Crippen LogP contribution < -0.4 is 0 Å². The quantitative estimate of drug-likeness (QED) is 0.609. The Morgan fingerprint density at radius 1 is 1.31 bits per heavy atom. The maximum absolute atomic E-state index is 12.6. The summed E-state index contributed by atoms with van der Waals surface area (Å²) in [5, 5.41) is 8.62. The molecule has 1 saturated heterocycles. The maximum atomic E-state index is 12.6. The monoisotopic (exact) mass is 206 g/mol. The first-order valence-corrected chi connectivity index (χ1v) is 3.47. The fourth-order valence-corrected chi connectivity index (χ4v) is 1.12. The third-order valence-electron chi connectivity index (χ3n) is 1.81. The van der Waals surface area contributed by atoms with E-state index in [0.29, 0.717) is 0 Å². The second kappa shape index (κ2) is 3.06. The van der Waals surface area contributed by atoms with Crippen LogP contribution in [0.15, 0.2) is 0 Å². The van der Waals surface area contributed by atoms with Crippen LogP contribution in [0.25, 0.3) is 0 Å². The second-order valence-corrected chi connectivity index (χ2v) is 2.86. The smallest absolute Gasteiger partial charge is 0.368 e.